The number of carbonyl (C=O) groups is 1. The fourth-order valence-electron chi connectivity index (χ4n) is 2.96. The monoisotopic (exact) mass is 336 g/mol. The van der Waals surface area contributed by atoms with Crippen molar-refractivity contribution in [1.82, 2.24) is 0 Å². The van der Waals surface area contributed by atoms with E-state index < -0.39 is 5.91 Å². The van der Waals surface area contributed by atoms with E-state index in [1.165, 1.54) is 6.07 Å². The number of amides is 1. The van der Waals surface area contributed by atoms with E-state index in [-0.39, 0.29) is 5.63 Å². The molecule has 0 fully saturated rings. The Bertz CT molecular complexity index is 1040. The molecule has 1 heterocycles. The van der Waals surface area contributed by atoms with Gasteiger partial charge in [0.2, 0.25) is 5.91 Å². The molecule has 2 aromatic carbocycles. The van der Waals surface area contributed by atoms with Crippen LogP contribution in [0.1, 0.15) is 32.6 Å². The maximum atomic E-state index is 11.9. The Morgan fingerprint density at radius 1 is 1.12 bits per heavy atom. The third-order valence-electron chi connectivity index (χ3n) is 4.59. The molecular formula is C20H20N2O3. The lowest BCUT2D eigenvalue weighted by atomic mass is 10.0. The molecule has 0 aliphatic rings. The molecule has 25 heavy (non-hydrogen) atoms. The quantitative estimate of drug-likeness (QED) is 0.715. The van der Waals surface area contributed by atoms with Crippen molar-refractivity contribution >= 4 is 22.6 Å². The van der Waals surface area contributed by atoms with Gasteiger partial charge in [0.05, 0.1) is 0 Å². The highest BCUT2D eigenvalue weighted by molar-refractivity contribution is 5.95. The number of aryl methyl sites for hydroxylation is 2. The van der Waals surface area contributed by atoms with Gasteiger partial charge in [-0.25, -0.2) is 4.79 Å². The SMILES string of the molecule is Cc1ccc2c(CNc3cccc(C(N)=O)c3C)cc(=O)oc2c1C. The van der Waals surface area contributed by atoms with E-state index in [2.05, 4.69) is 5.32 Å². The van der Waals surface area contributed by atoms with Crippen LogP contribution in [0.15, 0.2) is 45.6 Å². The molecule has 1 amide bonds. The van der Waals surface area contributed by atoms with Gasteiger partial charge in [-0.3, -0.25) is 4.79 Å². The molecule has 0 atom stereocenters. The van der Waals surface area contributed by atoms with E-state index in [0.717, 1.165) is 33.3 Å². The molecule has 0 aliphatic heterocycles. The summed E-state index contributed by atoms with van der Waals surface area (Å²) in [5.41, 5.74) is 10.6. The van der Waals surface area contributed by atoms with Gasteiger partial charge in [-0.1, -0.05) is 18.2 Å². The predicted octanol–water partition coefficient (Wildman–Crippen LogP) is 3.43. The van der Waals surface area contributed by atoms with Crippen LogP contribution in [0.3, 0.4) is 0 Å². The van der Waals surface area contributed by atoms with Crippen molar-refractivity contribution in [2.75, 3.05) is 5.32 Å². The summed E-state index contributed by atoms with van der Waals surface area (Å²) in [7, 11) is 0. The minimum atomic E-state index is -0.460. The zero-order chi connectivity index (χ0) is 18.1. The Balaban J connectivity index is 2.00. The van der Waals surface area contributed by atoms with Crippen molar-refractivity contribution in [3.8, 4) is 0 Å². The first kappa shape index (κ1) is 16.8. The normalized spacial score (nSPS) is 10.8. The maximum Gasteiger partial charge on any atom is 0.336 e. The Morgan fingerprint density at radius 2 is 1.88 bits per heavy atom. The molecule has 3 N–H and O–H groups in total. The summed E-state index contributed by atoms with van der Waals surface area (Å²) < 4.78 is 5.40. The number of benzene rings is 2. The first-order valence-corrected chi connectivity index (χ1v) is 8.04. The second-order valence-electron chi connectivity index (χ2n) is 6.17. The largest absolute Gasteiger partial charge is 0.422 e. The standard InChI is InChI=1S/C20H20N2O3/c1-11-7-8-16-14(9-18(23)25-19(16)12(11)2)10-22-17-6-4-5-15(13(17)3)20(21)24/h4-9,22H,10H2,1-3H3,(H2,21,24). The molecule has 0 radical (unpaired) electrons. The summed E-state index contributed by atoms with van der Waals surface area (Å²) in [6.45, 7) is 6.21. The summed E-state index contributed by atoms with van der Waals surface area (Å²) in [6.07, 6.45) is 0. The van der Waals surface area contributed by atoms with E-state index in [1.54, 1.807) is 12.1 Å². The number of carbonyl (C=O) groups excluding carboxylic acids is 1. The maximum absolute atomic E-state index is 11.9. The van der Waals surface area contributed by atoms with Crippen molar-refractivity contribution in [2.45, 2.75) is 27.3 Å². The number of hydrogen-bond donors (Lipinski definition) is 2. The summed E-state index contributed by atoms with van der Waals surface area (Å²) in [6, 6.07) is 10.8. The second kappa shape index (κ2) is 6.43. The Morgan fingerprint density at radius 3 is 2.60 bits per heavy atom. The summed E-state index contributed by atoms with van der Waals surface area (Å²) in [5, 5.41) is 4.19. The molecule has 0 saturated heterocycles. The zero-order valence-corrected chi connectivity index (χ0v) is 14.5. The average molecular weight is 336 g/mol. The average Bonchev–Trinajstić information content (AvgIpc) is 2.57. The lowest BCUT2D eigenvalue weighted by Crippen LogP contribution is -2.14. The molecule has 5 nitrogen and oxygen atoms in total. The minimum Gasteiger partial charge on any atom is -0.422 e. The van der Waals surface area contributed by atoms with Crippen molar-refractivity contribution in [1.29, 1.82) is 0 Å². The number of nitrogens with one attached hydrogen (secondary N) is 1. The number of rotatable bonds is 4. The Kier molecular flexibility index (Phi) is 4.31. The van der Waals surface area contributed by atoms with E-state index in [0.29, 0.717) is 17.7 Å². The highest BCUT2D eigenvalue weighted by Gasteiger charge is 2.11. The fourth-order valence-corrected chi connectivity index (χ4v) is 2.96. The molecule has 0 bridgehead atoms. The van der Waals surface area contributed by atoms with Gasteiger partial charge in [0.1, 0.15) is 5.58 Å². The van der Waals surface area contributed by atoms with Crippen LogP contribution < -0.4 is 16.7 Å². The predicted molar refractivity (Wildman–Crippen MR) is 99.0 cm³/mol. The van der Waals surface area contributed by atoms with Crippen LogP contribution in [0.2, 0.25) is 0 Å². The summed E-state index contributed by atoms with van der Waals surface area (Å²) in [5.74, 6) is -0.460. The third-order valence-corrected chi connectivity index (χ3v) is 4.59. The van der Waals surface area contributed by atoms with Crippen molar-refractivity contribution in [2.24, 2.45) is 5.73 Å². The first-order valence-electron chi connectivity index (χ1n) is 8.04. The summed E-state index contributed by atoms with van der Waals surface area (Å²) >= 11 is 0. The molecule has 3 aromatic rings. The van der Waals surface area contributed by atoms with Gasteiger partial charge in [-0.05, 0) is 55.2 Å². The van der Waals surface area contributed by atoms with Gasteiger partial charge in [0, 0.05) is 29.2 Å². The summed E-state index contributed by atoms with van der Waals surface area (Å²) in [4.78, 5) is 23.4. The number of anilines is 1. The minimum absolute atomic E-state index is 0.374. The zero-order valence-electron chi connectivity index (χ0n) is 14.5. The number of fused-ring (bicyclic) bond motifs is 1. The number of nitrogens with two attached hydrogens (primary N) is 1. The number of hydrogen-bond acceptors (Lipinski definition) is 4. The fraction of sp³-hybridized carbons (Fsp3) is 0.200. The molecule has 128 valence electrons. The molecule has 0 spiro atoms. The molecule has 1 aromatic heterocycles. The van der Waals surface area contributed by atoms with Crippen molar-refractivity contribution in [3.63, 3.8) is 0 Å². The molecular weight excluding hydrogens is 316 g/mol. The van der Waals surface area contributed by atoms with Crippen LogP contribution in [0.4, 0.5) is 5.69 Å². The van der Waals surface area contributed by atoms with E-state index >= 15 is 0 Å². The molecule has 5 heteroatoms. The van der Waals surface area contributed by atoms with Gasteiger partial charge in [-0.15, -0.1) is 0 Å². The first-order chi connectivity index (χ1) is 11.9. The number of primary amides is 1. The second-order valence-corrected chi connectivity index (χ2v) is 6.17. The topological polar surface area (TPSA) is 85.3 Å². The molecule has 3 rings (SSSR count). The Hall–Kier alpha value is -3.08. The van der Waals surface area contributed by atoms with Crippen LogP contribution in [-0.4, -0.2) is 5.91 Å². The lowest BCUT2D eigenvalue weighted by Gasteiger charge is -2.13. The van der Waals surface area contributed by atoms with Crippen LogP contribution in [0.5, 0.6) is 0 Å². The Labute approximate surface area is 145 Å². The van der Waals surface area contributed by atoms with E-state index in [9.17, 15) is 9.59 Å². The van der Waals surface area contributed by atoms with Gasteiger partial charge in [-0.2, -0.15) is 0 Å². The van der Waals surface area contributed by atoms with Crippen LogP contribution in [-0.2, 0) is 6.54 Å². The van der Waals surface area contributed by atoms with Crippen LogP contribution in [0, 0.1) is 20.8 Å². The smallest absolute Gasteiger partial charge is 0.336 e. The van der Waals surface area contributed by atoms with E-state index in [1.807, 2.05) is 39.0 Å². The van der Waals surface area contributed by atoms with Gasteiger partial charge in [0.25, 0.3) is 0 Å². The van der Waals surface area contributed by atoms with Crippen molar-refractivity contribution in [3.05, 3.63) is 74.6 Å². The molecule has 0 aliphatic carbocycles. The van der Waals surface area contributed by atoms with Crippen molar-refractivity contribution < 1.29 is 9.21 Å². The van der Waals surface area contributed by atoms with Gasteiger partial charge < -0.3 is 15.5 Å². The molecule has 0 saturated carbocycles. The van der Waals surface area contributed by atoms with Gasteiger partial charge in [0.15, 0.2) is 0 Å². The highest BCUT2D eigenvalue weighted by atomic mass is 16.4. The van der Waals surface area contributed by atoms with E-state index in [4.69, 9.17) is 10.2 Å². The third kappa shape index (κ3) is 3.13. The lowest BCUT2D eigenvalue weighted by molar-refractivity contribution is 0.1000. The van der Waals surface area contributed by atoms with Crippen LogP contribution >= 0.6 is 0 Å². The highest BCUT2D eigenvalue weighted by Crippen LogP contribution is 2.25. The van der Waals surface area contributed by atoms with Gasteiger partial charge >= 0.3 is 5.63 Å². The molecule has 0 unspecified atom stereocenters. The van der Waals surface area contributed by atoms with Crippen LogP contribution in [0.25, 0.3) is 11.0 Å².